The fourth-order valence-electron chi connectivity index (χ4n) is 4.83. The molecule has 2 N–H and O–H groups in total. The third kappa shape index (κ3) is 7.72. The van der Waals surface area contributed by atoms with Gasteiger partial charge in [0, 0.05) is 68.0 Å². The molecule has 2 aromatic rings. The number of methoxy groups -OCH3 is 1. The third-order valence-corrected chi connectivity index (χ3v) is 7.31. The zero-order valence-electron chi connectivity index (χ0n) is 23.2. The van der Waals surface area contributed by atoms with Gasteiger partial charge in [0.2, 0.25) is 11.8 Å². The molecule has 2 aliphatic heterocycles. The van der Waals surface area contributed by atoms with Crippen molar-refractivity contribution in [3.63, 3.8) is 0 Å². The highest BCUT2D eigenvalue weighted by atomic mass is 35.5. The minimum absolute atomic E-state index is 0.0137. The number of halogens is 2. The first-order valence-electron chi connectivity index (χ1n) is 13.5. The number of amides is 2. The lowest BCUT2D eigenvalue weighted by atomic mass is 9.94. The Bertz CT molecular complexity index is 1420. The average molecular weight is 595 g/mol. The van der Waals surface area contributed by atoms with Gasteiger partial charge in [0.05, 0.1) is 19.2 Å². The predicted molar refractivity (Wildman–Crippen MR) is 156 cm³/mol. The molecule has 12 heteroatoms. The largest absolute Gasteiger partial charge is 0.466 e. The Balaban J connectivity index is 1.50. The summed E-state index contributed by atoms with van der Waals surface area (Å²) >= 11 is 6.43. The maximum Gasteiger partial charge on any atom is 0.338 e. The van der Waals surface area contributed by atoms with Crippen LogP contribution < -0.4 is 10.6 Å². The number of pyridine rings is 1. The van der Waals surface area contributed by atoms with Gasteiger partial charge >= 0.3 is 5.97 Å². The Morgan fingerprint density at radius 3 is 2.64 bits per heavy atom. The molecule has 1 fully saturated rings. The summed E-state index contributed by atoms with van der Waals surface area (Å²) in [7, 11) is 1.29. The first kappa shape index (κ1) is 30.7. The number of piperazine rings is 1. The Labute approximate surface area is 249 Å². The van der Waals surface area contributed by atoms with E-state index in [0.717, 1.165) is 0 Å². The highest BCUT2D eigenvalue weighted by Crippen LogP contribution is 2.36. The second-order valence-electron chi connectivity index (χ2n) is 9.76. The summed E-state index contributed by atoms with van der Waals surface area (Å²) in [5.74, 6) is 1.50. The Kier molecular flexibility index (Phi) is 10.6. The SMILES string of the molecule is C#CCNC(=O)CCCC(=O)N1CCN(CC2=C(C(=O)OC)C(c3ccc(F)cc3Cl)N=C(c3ccccn3)N2)CC1. The quantitative estimate of drug-likeness (QED) is 0.321. The van der Waals surface area contributed by atoms with Crippen molar-refractivity contribution in [3.8, 4) is 12.3 Å². The van der Waals surface area contributed by atoms with Crippen LogP contribution >= 0.6 is 11.6 Å². The summed E-state index contributed by atoms with van der Waals surface area (Å²) in [6.07, 6.45) is 7.73. The molecule has 1 aromatic carbocycles. The Hall–Kier alpha value is -4.27. The van der Waals surface area contributed by atoms with E-state index in [1.807, 2.05) is 6.07 Å². The Morgan fingerprint density at radius 2 is 1.98 bits per heavy atom. The fraction of sp³-hybridized carbons (Fsp3) is 0.367. The molecular formula is C30H32ClFN6O4. The number of ether oxygens (including phenoxy) is 1. The monoisotopic (exact) mass is 594 g/mol. The summed E-state index contributed by atoms with van der Waals surface area (Å²) in [6.45, 7) is 2.63. The first-order valence-corrected chi connectivity index (χ1v) is 13.9. The summed E-state index contributed by atoms with van der Waals surface area (Å²) in [5, 5.41) is 6.00. The van der Waals surface area contributed by atoms with Crippen molar-refractivity contribution in [2.24, 2.45) is 4.99 Å². The van der Waals surface area contributed by atoms with Crippen molar-refractivity contribution in [3.05, 3.63) is 76.0 Å². The van der Waals surface area contributed by atoms with Crippen LogP contribution in [0.15, 0.2) is 58.9 Å². The molecular weight excluding hydrogens is 563 g/mol. The zero-order chi connectivity index (χ0) is 30.1. The Morgan fingerprint density at radius 1 is 1.19 bits per heavy atom. The number of benzene rings is 1. The highest BCUT2D eigenvalue weighted by Gasteiger charge is 2.34. The molecule has 42 heavy (non-hydrogen) atoms. The number of carbonyl (C=O) groups excluding carboxylic acids is 3. The molecule has 0 bridgehead atoms. The highest BCUT2D eigenvalue weighted by molar-refractivity contribution is 6.31. The molecule has 1 saturated heterocycles. The number of hydrogen-bond donors (Lipinski definition) is 2. The minimum atomic E-state index is -0.862. The number of carbonyl (C=O) groups is 3. The van der Waals surface area contributed by atoms with Gasteiger partial charge in [0.1, 0.15) is 17.6 Å². The maximum absolute atomic E-state index is 13.9. The number of amidine groups is 1. The number of aromatic nitrogens is 1. The van der Waals surface area contributed by atoms with Gasteiger partial charge in [-0.3, -0.25) is 24.5 Å². The number of terminal acetylenes is 1. The molecule has 2 amide bonds. The van der Waals surface area contributed by atoms with Crippen LogP contribution in [0.3, 0.4) is 0 Å². The van der Waals surface area contributed by atoms with Gasteiger partial charge in [0.15, 0.2) is 5.84 Å². The van der Waals surface area contributed by atoms with E-state index in [9.17, 15) is 18.8 Å². The molecule has 0 aliphatic carbocycles. The van der Waals surface area contributed by atoms with E-state index >= 15 is 0 Å². The van der Waals surface area contributed by atoms with E-state index in [4.69, 9.17) is 27.8 Å². The molecule has 0 spiro atoms. The second-order valence-corrected chi connectivity index (χ2v) is 10.2. The topological polar surface area (TPSA) is 116 Å². The van der Waals surface area contributed by atoms with E-state index in [1.165, 1.54) is 25.3 Å². The van der Waals surface area contributed by atoms with Crippen molar-refractivity contribution < 1.29 is 23.5 Å². The molecule has 1 atom stereocenters. The van der Waals surface area contributed by atoms with Gasteiger partial charge in [-0.25, -0.2) is 9.18 Å². The molecule has 0 radical (unpaired) electrons. The predicted octanol–water partition coefficient (Wildman–Crippen LogP) is 2.46. The fourth-order valence-corrected chi connectivity index (χ4v) is 5.10. The standard InChI is InChI=1S/C30H32ClFN6O4/c1-3-12-34-25(39)8-6-9-26(40)38-16-14-37(15-17-38)19-24-27(30(41)42-2)28(21-11-10-20(32)18-22(21)31)36-29(35-24)23-7-4-5-13-33-23/h1,4-5,7,10-11,13,18,28H,6,8-9,12,14-17,19H2,2H3,(H,34,39)(H,35,36). The summed E-state index contributed by atoms with van der Waals surface area (Å²) < 4.78 is 19.0. The smallest absolute Gasteiger partial charge is 0.338 e. The van der Waals surface area contributed by atoms with Crippen LogP contribution in [0.1, 0.15) is 36.6 Å². The van der Waals surface area contributed by atoms with Gasteiger partial charge in [0.25, 0.3) is 0 Å². The van der Waals surface area contributed by atoms with Crippen LogP contribution in [0, 0.1) is 18.2 Å². The van der Waals surface area contributed by atoms with Crippen molar-refractivity contribution in [2.75, 3.05) is 46.4 Å². The van der Waals surface area contributed by atoms with E-state index in [0.29, 0.717) is 61.9 Å². The van der Waals surface area contributed by atoms with Crippen molar-refractivity contribution >= 4 is 35.2 Å². The number of nitrogens with zero attached hydrogens (tertiary/aromatic N) is 4. The van der Waals surface area contributed by atoms with Gasteiger partial charge in [-0.1, -0.05) is 29.7 Å². The minimum Gasteiger partial charge on any atom is -0.466 e. The molecule has 10 nitrogen and oxygen atoms in total. The third-order valence-electron chi connectivity index (χ3n) is 6.98. The van der Waals surface area contributed by atoms with Gasteiger partial charge in [-0.05, 0) is 30.7 Å². The maximum atomic E-state index is 13.9. The molecule has 220 valence electrons. The lowest BCUT2D eigenvalue weighted by Gasteiger charge is -2.36. The first-order chi connectivity index (χ1) is 20.3. The van der Waals surface area contributed by atoms with Crippen molar-refractivity contribution in [2.45, 2.75) is 25.3 Å². The van der Waals surface area contributed by atoms with Crippen molar-refractivity contribution in [1.82, 2.24) is 25.4 Å². The van der Waals surface area contributed by atoms with E-state index in [2.05, 4.69) is 26.4 Å². The van der Waals surface area contributed by atoms with E-state index in [1.54, 1.807) is 23.2 Å². The number of rotatable bonds is 10. The van der Waals surface area contributed by atoms with Crippen LogP contribution in [-0.4, -0.2) is 84.8 Å². The van der Waals surface area contributed by atoms with Crippen LogP contribution in [-0.2, 0) is 19.1 Å². The van der Waals surface area contributed by atoms with Gasteiger partial charge in [-0.2, -0.15) is 0 Å². The van der Waals surface area contributed by atoms with Crippen LogP contribution in [0.2, 0.25) is 5.02 Å². The van der Waals surface area contributed by atoms with Crippen LogP contribution in [0.25, 0.3) is 0 Å². The van der Waals surface area contributed by atoms with Crippen molar-refractivity contribution in [1.29, 1.82) is 0 Å². The number of aliphatic imine (C=N–C) groups is 1. The average Bonchev–Trinajstić information content (AvgIpc) is 3.00. The van der Waals surface area contributed by atoms with Crippen LogP contribution in [0.5, 0.6) is 0 Å². The van der Waals surface area contributed by atoms with Gasteiger partial charge in [-0.15, -0.1) is 6.42 Å². The summed E-state index contributed by atoms with van der Waals surface area (Å²) in [4.78, 5) is 50.7. The van der Waals surface area contributed by atoms with E-state index < -0.39 is 17.8 Å². The number of esters is 1. The normalized spacial score (nSPS) is 17.1. The summed E-state index contributed by atoms with van der Waals surface area (Å²) in [6, 6.07) is 8.51. The number of nitrogens with one attached hydrogen (secondary N) is 2. The molecule has 2 aliphatic rings. The zero-order valence-corrected chi connectivity index (χ0v) is 24.0. The second kappa shape index (κ2) is 14.6. The molecule has 3 heterocycles. The molecule has 4 rings (SSSR count). The molecule has 1 aromatic heterocycles. The van der Waals surface area contributed by atoms with Crippen LogP contribution in [0.4, 0.5) is 4.39 Å². The van der Waals surface area contributed by atoms with E-state index in [-0.39, 0.29) is 41.8 Å². The van der Waals surface area contributed by atoms with Gasteiger partial charge < -0.3 is 20.3 Å². The molecule has 1 unspecified atom stereocenters. The lowest BCUT2D eigenvalue weighted by Crippen LogP contribution is -2.50. The number of hydrogen-bond acceptors (Lipinski definition) is 8. The summed E-state index contributed by atoms with van der Waals surface area (Å²) in [5.41, 5.74) is 1.83. The lowest BCUT2D eigenvalue weighted by molar-refractivity contribution is -0.136. The molecule has 0 saturated carbocycles.